The highest BCUT2D eigenvalue weighted by Crippen LogP contribution is 2.66. The Bertz CT molecular complexity index is 557. The largest absolute Gasteiger partial charge is 0.273 e. The third-order valence-electron chi connectivity index (χ3n) is 4.85. The van der Waals surface area contributed by atoms with Crippen molar-refractivity contribution in [3.05, 3.63) is 33.4 Å². The van der Waals surface area contributed by atoms with E-state index in [1.807, 2.05) is 24.3 Å². The van der Waals surface area contributed by atoms with E-state index in [1.165, 1.54) is 29.3 Å². The molecule has 0 bridgehead atoms. The highest BCUT2D eigenvalue weighted by molar-refractivity contribution is 14.1. The van der Waals surface area contributed by atoms with Gasteiger partial charge in [0.05, 0.1) is 6.21 Å². The van der Waals surface area contributed by atoms with Crippen LogP contribution in [0.5, 0.6) is 0 Å². The lowest BCUT2D eigenvalue weighted by Crippen LogP contribution is -2.22. The minimum Gasteiger partial charge on any atom is -0.273 e. The lowest BCUT2D eigenvalue weighted by atomic mass is 9.90. The molecule has 0 saturated heterocycles. The molecule has 3 rings (SSSR count). The first kappa shape index (κ1) is 14.0. The van der Waals surface area contributed by atoms with Crippen LogP contribution in [0.4, 0.5) is 0 Å². The van der Waals surface area contributed by atoms with Crippen LogP contribution in [0.25, 0.3) is 0 Å². The molecular formula is C16H19IN2O. The molecule has 4 heteroatoms. The second-order valence-corrected chi connectivity index (χ2v) is 7.37. The van der Waals surface area contributed by atoms with Gasteiger partial charge in [-0.25, -0.2) is 5.43 Å². The molecule has 0 aromatic heterocycles. The molecule has 1 aromatic rings. The second kappa shape index (κ2) is 5.47. The number of carbonyl (C=O) groups excluding carboxylic acids is 1. The van der Waals surface area contributed by atoms with Crippen molar-refractivity contribution in [3.63, 3.8) is 0 Å². The van der Waals surface area contributed by atoms with Gasteiger partial charge in [-0.15, -0.1) is 0 Å². The topological polar surface area (TPSA) is 41.5 Å². The van der Waals surface area contributed by atoms with E-state index < -0.39 is 0 Å². The minimum absolute atomic E-state index is 0.0984. The maximum Gasteiger partial charge on any atom is 0.244 e. The van der Waals surface area contributed by atoms with Crippen molar-refractivity contribution in [3.8, 4) is 0 Å². The molecule has 106 valence electrons. The van der Waals surface area contributed by atoms with Gasteiger partial charge in [0.1, 0.15) is 0 Å². The smallest absolute Gasteiger partial charge is 0.244 e. The molecule has 1 aromatic carbocycles. The number of hydrazone groups is 1. The average Bonchev–Trinajstić information content (AvgIpc) is 3.04. The fourth-order valence-electron chi connectivity index (χ4n) is 3.68. The normalized spacial score (nSPS) is 31.9. The van der Waals surface area contributed by atoms with Crippen molar-refractivity contribution >= 4 is 34.7 Å². The molecule has 2 saturated carbocycles. The summed E-state index contributed by atoms with van der Waals surface area (Å²) in [5.74, 6) is 0.864. The number of carbonyl (C=O) groups is 1. The van der Waals surface area contributed by atoms with Gasteiger partial charge in [0.25, 0.3) is 0 Å². The molecule has 3 atom stereocenters. The minimum atomic E-state index is 0.0984. The molecule has 2 aliphatic rings. The number of halogens is 1. The zero-order valence-corrected chi connectivity index (χ0v) is 13.8. The molecule has 0 radical (unpaired) electrons. The average molecular weight is 382 g/mol. The number of fused-ring (bicyclic) bond motifs is 1. The highest BCUT2D eigenvalue weighted by atomic mass is 127. The zero-order valence-electron chi connectivity index (χ0n) is 11.6. The number of benzene rings is 1. The van der Waals surface area contributed by atoms with Crippen LogP contribution >= 0.6 is 22.6 Å². The zero-order chi connectivity index (χ0) is 14.2. The maximum atomic E-state index is 12.2. The van der Waals surface area contributed by atoms with Crippen LogP contribution in [0.15, 0.2) is 29.4 Å². The van der Waals surface area contributed by atoms with Gasteiger partial charge in [-0.3, -0.25) is 4.79 Å². The lowest BCUT2D eigenvalue weighted by molar-refractivity contribution is -0.123. The van der Waals surface area contributed by atoms with Crippen molar-refractivity contribution in [2.45, 2.75) is 32.6 Å². The molecular weight excluding hydrogens is 363 g/mol. The van der Waals surface area contributed by atoms with E-state index in [0.717, 1.165) is 5.56 Å². The van der Waals surface area contributed by atoms with Crippen molar-refractivity contribution < 1.29 is 4.79 Å². The second-order valence-electron chi connectivity index (χ2n) is 6.13. The molecule has 0 heterocycles. The highest BCUT2D eigenvalue weighted by Gasteiger charge is 2.64. The quantitative estimate of drug-likeness (QED) is 0.485. The van der Waals surface area contributed by atoms with Crippen LogP contribution in [0, 0.1) is 20.8 Å². The predicted molar refractivity (Wildman–Crippen MR) is 88.5 cm³/mol. The lowest BCUT2D eigenvalue weighted by Gasteiger charge is -2.15. The van der Waals surface area contributed by atoms with Gasteiger partial charge < -0.3 is 0 Å². The van der Waals surface area contributed by atoms with E-state index >= 15 is 0 Å². The van der Waals surface area contributed by atoms with Gasteiger partial charge >= 0.3 is 0 Å². The van der Waals surface area contributed by atoms with Gasteiger partial charge in [-0.05, 0) is 64.5 Å². The van der Waals surface area contributed by atoms with Gasteiger partial charge in [0.2, 0.25) is 5.91 Å². The van der Waals surface area contributed by atoms with Crippen LogP contribution in [-0.2, 0) is 4.79 Å². The molecule has 1 N–H and O–H groups in total. The first-order valence-electron chi connectivity index (χ1n) is 7.20. The number of hydrogen-bond acceptors (Lipinski definition) is 2. The number of amides is 1. The summed E-state index contributed by atoms with van der Waals surface area (Å²) in [5, 5.41) is 4.11. The molecule has 20 heavy (non-hydrogen) atoms. The van der Waals surface area contributed by atoms with E-state index in [2.05, 4.69) is 40.0 Å². The molecule has 0 unspecified atom stereocenters. The Hall–Kier alpha value is -0.910. The molecule has 2 fully saturated rings. The number of rotatable bonds is 3. The van der Waals surface area contributed by atoms with Gasteiger partial charge in [0.15, 0.2) is 0 Å². The molecule has 3 nitrogen and oxygen atoms in total. The fraction of sp³-hybridized carbons (Fsp3) is 0.500. The summed E-state index contributed by atoms with van der Waals surface area (Å²) in [5.41, 5.74) is 3.98. The van der Waals surface area contributed by atoms with Gasteiger partial charge in [-0.2, -0.15) is 5.10 Å². The first-order valence-corrected chi connectivity index (χ1v) is 8.27. The van der Waals surface area contributed by atoms with E-state index in [1.54, 1.807) is 6.21 Å². The van der Waals surface area contributed by atoms with Gasteiger partial charge in [-0.1, -0.05) is 31.9 Å². The van der Waals surface area contributed by atoms with E-state index in [9.17, 15) is 4.79 Å². The third-order valence-corrected chi connectivity index (χ3v) is 5.52. The molecule has 0 aliphatic heterocycles. The van der Waals surface area contributed by atoms with Crippen molar-refractivity contribution in [1.29, 1.82) is 0 Å². The van der Waals surface area contributed by atoms with Crippen LogP contribution in [0.1, 0.15) is 38.2 Å². The predicted octanol–water partition coefficient (Wildman–Crippen LogP) is 3.57. The fourth-order valence-corrected chi connectivity index (χ4v) is 4.24. The Morgan fingerprint density at radius 1 is 1.50 bits per heavy atom. The Kier molecular flexibility index (Phi) is 3.84. The van der Waals surface area contributed by atoms with Crippen molar-refractivity contribution in [1.82, 2.24) is 5.43 Å². The van der Waals surface area contributed by atoms with Crippen LogP contribution in [0.2, 0.25) is 0 Å². The number of nitrogens with one attached hydrogen (secondary N) is 1. The SMILES string of the molecule is C[C@]12CCCC[C@@H]1[C@H]2C(=O)N/N=C\c1cccc(I)c1. The molecule has 0 spiro atoms. The number of hydrogen-bond donors (Lipinski definition) is 1. The summed E-state index contributed by atoms with van der Waals surface area (Å²) in [6.45, 7) is 2.25. The summed E-state index contributed by atoms with van der Waals surface area (Å²) >= 11 is 2.27. The molecule has 2 aliphatic carbocycles. The van der Waals surface area contributed by atoms with E-state index in [0.29, 0.717) is 5.92 Å². The van der Waals surface area contributed by atoms with Crippen LogP contribution in [-0.4, -0.2) is 12.1 Å². The maximum absolute atomic E-state index is 12.2. The summed E-state index contributed by atoms with van der Waals surface area (Å²) in [6, 6.07) is 8.04. The summed E-state index contributed by atoms with van der Waals surface area (Å²) < 4.78 is 1.17. The van der Waals surface area contributed by atoms with E-state index in [4.69, 9.17) is 0 Å². The van der Waals surface area contributed by atoms with Crippen LogP contribution < -0.4 is 5.43 Å². The standard InChI is InChI=1S/C16H19IN2O/c1-16-8-3-2-7-13(16)14(16)15(20)19-18-10-11-5-4-6-12(17)9-11/h4-6,9-10,13-14H,2-3,7-8H2,1H3,(H,19,20)/b18-10-/t13-,14+,16+/m1/s1. The monoisotopic (exact) mass is 382 g/mol. The Morgan fingerprint density at radius 2 is 2.35 bits per heavy atom. The first-order chi connectivity index (χ1) is 9.61. The van der Waals surface area contributed by atoms with E-state index in [-0.39, 0.29) is 17.2 Å². The Labute approximate surface area is 133 Å². The van der Waals surface area contributed by atoms with Crippen molar-refractivity contribution in [2.75, 3.05) is 0 Å². The third kappa shape index (κ3) is 2.62. The van der Waals surface area contributed by atoms with Crippen molar-refractivity contribution in [2.24, 2.45) is 22.4 Å². The summed E-state index contributed by atoms with van der Waals surface area (Å²) in [4.78, 5) is 12.2. The Morgan fingerprint density at radius 3 is 3.05 bits per heavy atom. The number of nitrogens with zero attached hydrogens (tertiary/aromatic N) is 1. The summed E-state index contributed by atoms with van der Waals surface area (Å²) in [7, 11) is 0. The van der Waals surface area contributed by atoms with Gasteiger partial charge in [0, 0.05) is 9.49 Å². The molecule has 1 amide bonds. The Balaban J connectivity index is 1.58. The van der Waals surface area contributed by atoms with Crippen LogP contribution in [0.3, 0.4) is 0 Å². The summed E-state index contributed by atoms with van der Waals surface area (Å²) in [6.07, 6.45) is 6.65.